The van der Waals surface area contributed by atoms with Crippen LogP contribution in [0.1, 0.15) is 5.89 Å². The van der Waals surface area contributed by atoms with E-state index in [9.17, 15) is 8.42 Å². The van der Waals surface area contributed by atoms with Crippen LogP contribution in [0.5, 0.6) is 5.75 Å². The predicted molar refractivity (Wildman–Crippen MR) is 108 cm³/mol. The molecule has 29 heavy (non-hydrogen) atoms. The average Bonchev–Trinajstić information content (AvgIpc) is 3.23. The van der Waals surface area contributed by atoms with Gasteiger partial charge in [0.05, 0.1) is 44.4 Å². The van der Waals surface area contributed by atoms with Gasteiger partial charge in [-0.2, -0.15) is 4.31 Å². The van der Waals surface area contributed by atoms with E-state index in [1.807, 2.05) is 30.3 Å². The molecule has 4 rings (SSSR count). The zero-order valence-corrected chi connectivity index (χ0v) is 17.1. The molecule has 0 unspecified atom stereocenters. The molecule has 1 N–H and O–H groups in total. The molecule has 0 bridgehead atoms. The van der Waals surface area contributed by atoms with Gasteiger partial charge >= 0.3 is 0 Å². The van der Waals surface area contributed by atoms with Gasteiger partial charge in [0.25, 0.3) is 5.89 Å². The SMILES string of the molecule is COc1ccc(S(=O)(=O)N2CC[NH+](Cc3ncc(-c4ccccc4)o3)CC2)cc1. The lowest BCUT2D eigenvalue weighted by Gasteiger charge is -2.30. The number of rotatable bonds is 6. The van der Waals surface area contributed by atoms with Crippen molar-refractivity contribution in [3.05, 3.63) is 66.7 Å². The highest BCUT2D eigenvalue weighted by Gasteiger charge is 2.31. The zero-order valence-electron chi connectivity index (χ0n) is 16.2. The third kappa shape index (κ3) is 4.34. The Morgan fingerprint density at radius 2 is 1.76 bits per heavy atom. The van der Waals surface area contributed by atoms with Gasteiger partial charge in [0.2, 0.25) is 10.0 Å². The molecule has 152 valence electrons. The number of ether oxygens (including phenoxy) is 1. The molecular weight excluding hydrogens is 390 g/mol. The molecule has 1 aliphatic heterocycles. The highest BCUT2D eigenvalue weighted by Crippen LogP contribution is 2.20. The fourth-order valence-corrected chi connectivity index (χ4v) is 4.90. The third-order valence-electron chi connectivity index (χ3n) is 5.14. The van der Waals surface area contributed by atoms with Gasteiger partial charge in [0.15, 0.2) is 12.3 Å². The van der Waals surface area contributed by atoms with Crippen molar-refractivity contribution in [3.63, 3.8) is 0 Å². The van der Waals surface area contributed by atoms with E-state index in [1.165, 1.54) is 4.90 Å². The van der Waals surface area contributed by atoms with Crippen LogP contribution < -0.4 is 9.64 Å². The Morgan fingerprint density at radius 1 is 1.07 bits per heavy atom. The van der Waals surface area contributed by atoms with Crippen LogP contribution in [0.4, 0.5) is 0 Å². The Bertz CT molecular complexity index is 1040. The molecule has 0 saturated carbocycles. The van der Waals surface area contributed by atoms with Crippen LogP contribution in [0.2, 0.25) is 0 Å². The molecule has 3 aromatic rings. The van der Waals surface area contributed by atoms with Crippen molar-refractivity contribution in [1.82, 2.24) is 9.29 Å². The number of methoxy groups -OCH3 is 1. The molecule has 1 aromatic heterocycles. The van der Waals surface area contributed by atoms with Crippen molar-refractivity contribution in [2.45, 2.75) is 11.4 Å². The summed E-state index contributed by atoms with van der Waals surface area (Å²) in [4.78, 5) is 5.94. The van der Waals surface area contributed by atoms with Crippen molar-refractivity contribution < 1.29 is 22.5 Å². The van der Waals surface area contributed by atoms with Crippen molar-refractivity contribution in [3.8, 4) is 17.1 Å². The second-order valence-electron chi connectivity index (χ2n) is 6.99. The van der Waals surface area contributed by atoms with Gasteiger partial charge in [0.1, 0.15) is 5.75 Å². The molecule has 2 aromatic carbocycles. The number of piperazine rings is 1. The van der Waals surface area contributed by atoms with Gasteiger partial charge in [-0.05, 0) is 24.3 Å². The number of hydrogen-bond acceptors (Lipinski definition) is 5. The van der Waals surface area contributed by atoms with Crippen LogP contribution in [0.15, 0.2) is 70.1 Å². The number of quaternary nitrogens is 1. The highest BCUT2D eigenvalue weighted by atomic mass is 32.2. The van der Waals surface area contributed by atoms with E-state index in [0.717, 1.165) is 11.3 Å². The minimum absolute atomic E-state index is 0.293. The van der Waals surface area contributed by atoms with Crippen molar-refractivity contribution in [1.29, 1.82) is 0 Å². The second-order valence-corrected chi connectivity index (χ2v) is 8.93. The standard InChI is InChI=1S/C21H23N3O4S/c1-27-18-7-9-19(10-8-18)29(25,26)24-13-11-23(12-14-24)16-21-22-15-20(28-21)17-5-3-2-4-6-17/h2-10,15H,11-14,16H2,1H3/p+1. The van der Waals surface area contributed by atoms with Crippen LogP contribution in [0, 0.1) is 0 Å². The average molecular weight is 415 g/mol. The maximum absolute atomic E-state index is 12.9. The lowest BCUT2D eigenvalue weighted by molar-refractivity contribution is -0.918. The van der Waals surface area contributed by atoms with Crippen molar-refractivity contribution in [2.75, 3.05) is 33.3 Å². The Kier molecular flexibility index (Phi) is 5.66. The first-order valence-electron chi connectivity index (χ1n) is 9.54. The summed E-state index contributed by atoms with van der Waals surface area (Å²) in [7, 11) is -1.93. The lowest BCUT2D eigenvalue weighted by Crippen LogP contribution is -3.13. The quantitative estimate of drug-likeness (QED) is 0.661. The van der Waals surface area contributed by atoms with Gasteiger partial charge in [-0.25, -0.2) is 13.4 Å². The number of oxazole rings is 1. The summed E-state index contributed by atoms with van der Waals surface area (Å²) < 4.78 is 38.2. The Labute approximate surface area is 170 Å². The molecule has 0 amide bonds. The third-order valence-corrected chi connectivity index (χ3v) is 7.05. The Hall–Kier alpha value is -2.68. The first-order chi connectivity index (χ1) is 14.1. The molecule has 0 spiro atoms. The van der Waals surface area contributed by atoms with Gasteiger partial charge in [-0.1, -0.05) is 30.3 Å². The monoisotopic (exact) mass is 414 g/mol. The maximum Gasteiger partial charge on any atom is 0.250 e. The van der Waals surface area contributed by atoms with E-state index >= 15 is 0 Å². The van der Waals surface area contributed by atoms with E-state index in [4.69, 9.17) is 9.15 Å². The van der Waals surface area contributed by atoms with E-state index in [2.05, 4.69) is 4.98 Å². The van der Waals surface area contributed by atoms with Crippen LogP contribution in [0.25, 0.3) is 11.3 Å². The number of aromatic nitrogens is 1. The molecule has 0 radical (unpaired) electrons. The van der Waals surface area contributed by atoms with E-state index in [0.29, 0.717) is 49.3 Å². The van der Waals surface area contributed by atoms with Gasteiger partial charge < -0.3 is 14.1 Å². The van der Waals surface area contributed by atoms with Crippen LogP contribution in [-0.4, -0.2) is 51.0 Å². The van der Waals surface area contributed by atoms with Crippen LogP contribution >= 0.6 is 0 Å². The molecule has 7 nitrogen and oxygen atoms in total. The fourth-order valence-electron chi connectivity index (χ4n) is 3.46. The summed E-state index contributed by atoms with van der Waals surface area (Å²) in [6, 6.07) is 16.4. The second kappa shape index (κ2) is 8.36. The van der Waals surface area contributed by atoms with Crippen LogP contribution in [0.3, 0.4) is 0 Å². The minimum Gasteiger partial charge on any atom is -0.497 e. The zero-order chi connectivity index (χ0) is 20.3. The van der Waals surface area contributed by atoms with Crippen molar-refractivity contribution in [2.24, 2.45) is 0 Å². The Balaban J connectivity index is 1.36. The Morgan fingerprint density at radius 3 is 2.41 bits per heavy atom. The molecule has 0 aliphatic carbocycles. The lowest BCUT2D eigenvalue weighted by atomic mass is 10.2. The number of nitrogens with one attached hydrogen (secondary N) is 1. The number of sulfonamides is 1. The number of hydrogen-bond donors (Lipinski definition) is 1. The first-order valence-corrected chi connectivity index (χ1v) is 11.0. The first kappa shape index (κ1) is 19.6. The summed E-state index contributed by atoms with van der Waals surface area (Å²) in [5, 5.41) is 0. The summed E-state index contributed by atoms with van der Waals surface area (Å²) in [6.45, 7) is 2.99. The fraction of sp³-hybridized carbons (Fsp3) is 0.286. The maximum atomic E-state index is 12.9. The summed E-state index contributed by atoms with van der Waals surface area (Å²) in [6.07, 6.45) is 1.74. The van der Waals surface area contributed by atoms with E-state index in [-0.39, 0.29) is 0 Å². The molecule has 8 heteroatoms. The highest BCUT2D eigenvalue weighted by molar-refractivity contribution is 7.89. The van der Waals surface area contributed by atoms with Gasteiger partial charge in [0, 0.05) is 5.56 Å². The van der Waals surface area contributed by atoms with Crippen LogP contribution in [-0.2, 0) is 16.6 Å². The largest absolute Gasteiger partial charge is 0.497 e. The summed E-state index contributed by atoms with van der Waals surface area (Å²) >= 11 is 0. The van der Waals surface area contributed by atoms with Gasteiger partial charge in [-0.3, -0.25) is 0 Å². The molecule has 1 fully saturated rings. The minimum atomic E-state index is -3.49. The summed E-state index contributed by atoms with van der Waals surface area (Å²) in [5.41, 5.74) is 0.997. The van der Waals surface area contributed by atoms with E-state index in [1.54, 1.807) is 41.9 Å². The smallest absolute Gasteiger partial charge is 0.250 e. The number of nitrogens with zero attached hydrogens (tertiary/aromatic N) is 2. The van der Waals surface area contributed by atoms with E-state index < -0.39 is 10.0 Å². The topological polar surface area (TPSA) is 77.1 Å². The van der Waals surface area contributed by atoms with Crippen molar-refractivity contribution >= 4 is 10.0 Å². The predicted octanol–water partition coefficient (Wildman–Crippen LogP) is 1.44. The normalized spacial score (nSPS) is 16.0. The number of benzene rings is 2. The molecular formula is C21H24N3O4S+. The molecule has 1 aliphatic rings. The molecule has 2 heterocycles. The molecule has 1 saturated heterocycles. The van der Waals surface area contributed by atoms with Gasteiger partial charge in [-0.15, -0.1) is 0 Å². The molecule has 0 atom stereocenters. The summed E-state index contributed by atoms with van der Waals surface area (Å²) in [5.74, 6) is 2.06.